The van der Waals surface area contributed by atoms with E-state index in [1.165, 1.54) is 54.2 Å². The third kappa shape index (κ3) is 9.39. The summed E-state index contributed by atoms with van der Waals surface area (Å²) < 4.78 is 25.1. The van der Waals surface area contributed by atoms with Gasteiger partial charge in [0, 0.05) is 36.4 Å². The van der Waals surface area contributed by atoms with Crippen molar-refractivity contribution in [3.05, 3.63) is 112 Å². The first-order valence-corrected chi connectivity index (χ1v) is 21.2. The van der Waals surface area contributed by atoms with E-state index in [-0.39, 0.29) is 18.4 Å². The summed E-state index contributed by atoms with van der Waals surface area (Å²) >= 11 is 0. The zero-order valence-electron chi connectivity index (χ0n) is 34.3. The molecule has 2 saturated heterocycles. The highest BCUT2D eigenvalue weighted by atomic mass is 16.5. The summed E-state index contributed by atoms with van der Waals surface area (Å²) in [5.74, 6) is 2.05. The van der Waals surface area contributed by atoms with Crippen LogP contribution in [0.2, 0.25) is 0 Å². The molecule has 2 N–H and O–H groups in total. The van der Waals surface area contributed by atoms with Gasteiger partial charge < -0.3 is 33.4 Å². The quantitative estimate of drug-likeness (QED) is 0.107. The van der Waals surface area contributed by atoms with Crippen LogP contribution in [0.15, 0.2) is 97.9 Å². The van der Waals surface area contributed by atoms with Crippen LogP contribution in [-0.2, 0) is 22.3 Å². The van der Waals surface area contributed by atoms with Gasteiger partial charge in [0.2, 0.25) is 11.3 Å². The summed E-state index contributed by atoms with van der Waals surface area (Å²) in [5.41, 5.74) is 5.13. The predicted molar refractivity (Wildman–Crippen MR) is 225 cm³/mol. The Balaban J connectivity index is 0.000000177. The molecule has 0 amide bonds. The Kier molecular flexibility index (Phi) is 13.4. The van der Waals surface area contributed by atoms with E-state index in [0.717, 1.165) is 46.8 Å². The molecule has 2 fully saturated rings. The number of aliphatic hydroxyl groups is 2. The molecule has 3 aliphatic heterocycles. The molecule has 8 rings (SSSR count). The fourth-order valence-corrected chi connectivity index (χ4v) is 7.98. The number of nitrogens with zero attached hydrogens (tertiary/aromatic N) is 4. The SMILES string of the molecule is C=C1N=c2oc(-c3ccc(CCCCC)cc3)cc2=CN1C1CC(O)C(CC)O1.CCCCCc1ccc(-c2cc3cn(C4CC(O)C(CC)O4)c(=O)nc3o2)cc1. The van der Waals surface area contributed by atoms with Crippen LogP contribution in [0, 0.1) is 0 Å². The zero-order chi connectivity index (χ0) is 40.8. The van der Waals surface area contributed by atoms with Gasteiger partial charge in [-0.25, -0.2) is 4.79 Å². The van der Waals surface area contributed by atoms with Gasteiger partial charge in [-0.15, -0.1) is 0 Å². The maximum atomic E-state index is 12.5. The van der Waals surface area contributed by atoms with Crippen molar-refractivity contribution >= 4 is 17.3 Å². The van der Waals surface area contributed by atoms with Crippen LogP contribution in [0.1, 0.15) is 109 Å². The van der Waals surface area contributed by atoms with Gasteiger partial charge in [-0.1, -0.05) is 108 Å². The van der Waals surface area contributed by atoms with E-state index in [4.69, 9.17) is 18.3 Å². The van der Waals surface area contributed by atoms with Gasteiger partial charge in [0.25, 0.3) is 0 Å². The first-order chi connectivity index (χ1) is 28.2. The summed E-state index contributed by atoms with van der Waals surface area (Å²) in [4.78, 5) is 23.0. The fraction of sp³-hybridized carbons (Fsp3) is 0.468. The maximum Gasteiger partial charge on any atom is 0.353 e. The molecule has 58 heavy (non-hydrogen) atoms. The van der Waals surface area contributed by atoms with Gasteiger partial charge in [0.05, 0.1) is 35.0 Å². The molecule has 11 nitrogen and oxygen atoms in total. The van der Waals surface area contributed by atoms with Crippen LogP contribution in [0.3, 0.4) is 0 Å². The molecule has 0 radical (unpaired) electrons. The van der Waals surface area contributed by atoms with Crippen LogP contribution in [0.4, 0.5) is 0 Å². The zero-order valence-corrected chi connectivity index (χ0v) is 34.3. The third-order valence-corrected chi connectivity index (χ3v) is 11.4. The monoisotopic (exact) mass is 790 g/mol. The smallest absolute Gasteiger partial charge is 0.353 e. The molecule has 0 bridgehead atoms. The van der Waals surface area contributed by atoms with Crippen molar-refractivity contribution in [2.75, 3.05) is 0 Å². The molecule has 0 saturated carbocycles. The van der Waals surface area contributed by atoms with Crippen LogP contribution in [0.25, 0.3) is 39.9 Å². The molecule has 0 spiro atoms. The normalized spacial score (nSPS) is 22.7. The number of fused-ring (bicyclic) bond motifs is 2. The molecule has 3 aliphatic rings. The van der Waals surface area contributed by atoms with Crippen molar-refractivity contribution < 1.29 is 28.5 Å². The van der Waals surface area contributed by atoms with Crippen LogP contribution >= 0.6 is 0 Å². The number of hydrogen-bond acceptors (Lipinski definition) is 10. The highest BCUT2D eigenvalue weighted by Gasteiger charge is 2.37. The summed E-state index contributed by atoms with van der Waals surface area (Å²) in [5, 5.41) is 21.9. The molecule has 6 unspecified atom stereocenters. The minimum Gasteiger partial charge on any atom is -0.438 e. The summed E-state index contributed by atoms with van der Waals surface area (Å²) in [6, 6.07) is 20.8. The number of aromatic nitrogens is 2. The molecular weight excluding hydrogens is 733 g/mol. The lowest BCUT2D eigenvalue weighted by Crippen LogP contribution is -2.37. The van der Waals surface area contributed by atoms with Crippen LogP contribution in [0.5, 0.6) is 0 Å². The molecule has 3 aromatic heterocycles. The highest BCUT2D eigenvalue weighted by molar-refractivity contribution is 5.79. The Morgan fingerprint density at radius 2 is 1.29 bits per heavy atom. The number of furan rings is 2. The van der Waals surface area contributed by atoms with Gasteiger partial charge in [-0.05, 0) is 61.8 Å². The van der Waals surface area contributed by atoms with E-state index in [2.05, 4.69) is 66.8 Å². The van der Waals surface area contributed by atoms with Crippen molar-refractivity contribution in [2.24, 2.45) is 4.99 Å². The van der Waals surface area contributed by atoms with E-state index >= 15 is 0 Å². The Morgan fingerprint density at radius 3 is 1.84 bits per heavy atom. The Hall–Kier alpha value is -4.81. The summed E-state index contributed by atoms with van der Waals surface area (Å²) in [6.45, 7) is 12.5. The Labute approximate surface area is 340 Å². The van der Waals surface area contributed by atoms with Crippen LogP contribution in [-0.4, -0.2) is 55.3 Å². The summed E-state index contributed by atoms with van der Waals surface area (Å²) in [6.07, 6.45) is 13.5. The van der Waals surface area contributed by atoms with Crippen molar-refractivity contribution in [3.63, 3.8) is 0 Å². The largest absolute Gasteiger partial charge is 0.438 e. The molecule has 308 valence electrons. The Bertz CT molecular complexity index is 2330. The van der Waals surface area contributed by atoms with Crippen LogP contribution < -0.4 is 16.5 Å². The van der Waals surface area contributed by atoms with Crippen molar-refractivity contribution in [3.8, 4) is 22.6 Å². The predicted octanol–water partition coefficient (Wildman–Crippen LogP) is 8.16. The minimum atomic E-state index is -0.566. The highest BCUT2D eigenvalue weighted by Crippen LogP contribution is 2.32. The van der Waals surface area contributed by atoms with E-state index in [0.29, 0.717) is 42.1 Å². The van der Waals surface area contributed by atoms with Crippen molar-refractivity contribution in [2.45, 2.75) is 142 Å². The number of unbranched alkanes of at least 4 members (excludes halogenated alkanes) is 4. The summed E-state index contributed by atoms with van der Waals surface area (Å²) in [7, 11) is 0. The number of aryl methyl sites for hydroxylation is 2. The second kappa shape index (κ2) is 18.8. The number of ether oxygens (including phenoxy) is 2. The first-order valence-electron chi connectivity index (χ1n) is 21.2. The van der Waals surface area contributed by atoms with Gasteiger partial charge >= 0.3 is 5.69 Å². The third-order valence-electron chi connectivity index (χ3n) is 11.4. The van der Waals surface area contributed by atoms with E-state index in [1.54, 1.807) is 6.20 Å². The lowest BCUT2D eigenvalue weighted by Gasteiger charge is -2.27. The maximum absolute atomic E-state index is 12.5. The standard InChI is InChI=1S/C24H30N2O3.C23H28N2O4/c1-4-6-7-8-17-9-11-18(12-10-17)22-13-19-15-26(16(3)25-24(19)29-22)23-14-20(27)21(5-2)28-23;1-3-5-6-7-15-8-10-16(11-9-15)20-12-17-14-25(23(27)24-22(17)29-20)21-13-18(26)19(4-2)28-21/h9-13,15,20-21,23,27H,3-8,14H2,1-2H3;8-12,14,18-19,21,26H,3-7,13H2,1-2H3. The molecule has 11 heteroatoms. The molecule has 2 aromatic carbocycles. The second-order valence-electron chi connectivity index (χ2n) is 15.7. The van der Waals surface area contributed by atoms with Gasteiger partial charge in [0.15, 0.2) is 0 Å². The van der Waals surface area contributed by atoms with Gasteiger partial charge in [-0.2, -0.15) is 9.98 Å². The minimum absolute atomic E-state index is 0.140. The number of rotatable bonds is 14. The number of benzene rings is 2. The van der Waals surface area contributed by atoms with Crippen molar-refractivity contribution in [1.29, 1.82) is 0 Å². The molecule has 0 aliphatic carbocycles. The second-order valence-corrected chi connectivity index (χ2v) is 15.7. The van der Waals surface area contributed by atoms with Gasteiger partial charge in [0.1, 0.15) is 29.8 Å². The average molecular weight is 791 g/mol. The molecule has 6 atom stereocenters. The molecular formula is C47H58N4O7. The number of hydrogen-bond donors (Lipinski definition) is 2. The van der Waals surface area contributed by atoms with E-state index in [9.17, 15) is 15.0 Å². The fourth-order valence-electron chi connectivity index (χ4n) is 7.98. The first kappa shape index (κ1) is 41.4. The Morgan fingerprint density at radius 1 is 0.741 bits per heavy atom. The number of aliphatic hydroxyl groups excluding tert-OH is 2. The van der Waals surface area contributed by atoms with Crippen molar-refractivity contribution in [1.82, 2.24) is 14.5 Å². The molecule has 6 heterocycles. The average Bonchev–Trinajstić information content (AvgIpc) is 4.02. The lowest BCUT2D eigenvalue weighted by atomic mass is 10.0. The van der Waals surface area contributed by atoms with E-state index < -0.39 is 24.1 Å². The van der Waals surface area contributed by atoms with Gasteiger partial charge in [-0.3, -0.25) is 4.57 Å². The topological polar surface area (TPSA) is 136 Å². The molecule has 5 aromatic rings. The lowest BCUT2D eigenvalue weighted by molar-refractivity contribution is -0.0309. The van der Waals surface area contributed by atoms with E-state index in [1.807, 2.05) is 49.2 Å².